The molecule has 2 aromatic carbocycles. The first kappa shape index (κ1) is 33.6. The Kier molecular flexibility index (Phi) is 11.3. The SMILES string of the molecule is CC(=O)O.CN1C=C(c2c(Cl)cccc2Cl)OC1C(=O)CNC(=O)c1ccc(CNS(=O)(=O)c2cccc(C(=O)O)c2)s1. The lowest BCUT2D eigenvalue weighted by Gasteiger charge is -2.19. The van der Waals surface area contributed by atoms with E-state index < -0.39 is 39.9 Å². The minimum Gasteiger partial charge on any atom is -0.481 e. The Morgan fingerprint density at radius 3 is 2.28 bits per heavy atom. The van der Waals surface area contributed by atoms with Gasteiger partial charge in [0.05, 0.1) is 37.5 Å². The van der Waals surface area contributed by atoms with Gasteiger partial charge in [-0.2, -0.15) is 0 Å². The highest BCUT2D eigenvalue weighted by Crippen LogP contribution is 2.35. The lowest BCUT2D eigenvalue weighted by Crippen LogP contribution is -2.40. The molecule has 4 N–H and O–H groups in total. The lowest BCUT2D eigenvalue weighted by molar-refractivity contribution is -0.134. The summed E-state index contributed by atoms with van der Waals surface area (Å²) in [5, 5.41) is 19.8. The van der Waals surface area contributed by atoms with Crippen molar-refractivity contribution in [1.82, 2.24) is 14.9 Å². The van der Waals surface area contributed by atoms with Gasteiger partial charge in [-0.25, -0.2) is 17.9 Å². The first-order valence-corrected chi connectivity index (χ1v) is 15.2. The van der Waals surface area contributed by atoms with Crippen LogP contribution in [0.15, 0.2) is 65.7 Å². The van der Waals surface area contributed by atoms with E-state index in [-0.39, 0.29) is 28.4 Å². The average Bonchev–Trinajstić information content (AvgIpc) is 3.57. The molecule has 16 heteroatoms. The van der Waals surface area contributed by atoms with Gasteiger partial charge in [0.2, 0.25) is 22.0 Å². The molecule has 0 saturated carbocycles. The highest BCUT2D eigenvalue weighted by molar-refractivity contribution is 7.89. The molecule has 43 heavy (non-hydrogen) atoms. The maximum atomic E-state index is 12.8. The largest absolute Gasteiger partial charge is 0.481 e. The molecule has 2 heterocycles. The third-order valence-electron chi connectivity index (χ3n) is 5.55. The fourth-order valence-electron chi connectivity index (χ4n) is 3.62. The number of carbonyl (C=O) groups excluding carboxylic acids is 2. The van der Waals surface area contributed by atoms with Gasteiger partial charge in [0.1, 0.15) is 5.76 Å². The van der Waals surface area contributed by atoms with Crippen LogP contribution in [-0.4, -0.2) is 67.0 Å². The first-order chi connectivity index (χ1) is 20.2. The number of amides is 1. The maximum Gasteiger partial charge on any atom is 0.335 e. The maximum absolute atomic E-state index is 12.8. The Labute approximate surface area is 260 Å². The van der Waals surface area contributed by atoms with Gasteiger partial charge in [-0.15, -0.1) is 11.3 Å². The minimum absolute atomic E-state index is 0.115. The second-order valence-corrected chi connectivity index (χ2v) is 12.6. The van der Waals surface area contributed by atoms with Gasteiger partial charge in [0.25, 0.3) is 11.9 Å². The predicted octanol–water partition coefficient (Wildman–Crippen LogP) is 3.91. The van der Waals surface area contributed by atoms with Gasteiger partial charge in [0, 0.05) is 31.6 Å². The third kappa shape index (κ3) is 9.02. The fourth-order valence-corrected chi connectivity index (χ4v) is 6.21. The number of nitrogens with one attached hydrogen (secondary N) is 2. The summed E-state index contributed by atoms with van der Waals surface area (Å²) in [6.45, 7) is 0.654. The highest BCUT2D eigenvalue weighted by atomic mass is 35.5. The van der Waals surface area contributed by atoms with Crippen molar-refractivity contribution in [3.8, 4) is 0 Å². The molecule has 0 bridgehead atoms. The molecule has 0 spiro atoms. The zero-order chi connectivity index (χ0) is 31.9. The van der Waals surface area contributed by atoms with Gasteiger partial charge >= 0.3 is 5.97 Å². The molecule has 1 aliphatic heterocycles. The van der Waals surface area contributed by atoms with E-state index in [1.807, 2.05) is 0 Å². The van der Waals surface area contributed by atoms with Crippen molar-refractivity contribution in [2.24, 2.45) is 0 Å². The number of nitrogens with zero attached hydrogens (tertiary/aromatic N) is 1. The van der Waals surface area contributed by atoms with E-state index in [4.69, 9.17) is 42.9 Å². The fraction of sp³-hybridized carbons (Fsp3) is 0.185. The molecule has 1 aliphatic rings. The van der Waals surface area contributed by atoms with E-state index in [9.17, 15) is 22.8 Å². The number of carboxylic acids is 2. The molecule has 1 atom stereocenters. The van der Waals surface area contributed by atoms with E-state index in [1.165, 1.54) is 24.3 Å². The molecule has 12 nitrogen and oxygen atoms in total. The van der Waals surface area contributed by atoms with Crippen LogP contribution in [0.2, 0.25) is 10.0 Å². The van der Waals surface area contributed by atoms with Crippen molar-refractivity contribution in [2.75, 3.05) is 13.6 Å². The van der Waals surface area contributed by atoms with Crippen molar-refractivity contribution < 1.29 is 42.5 Å². The van der Waals surface area contributed by atoms with Crippen LogP contribution >= 0.6 is 34.5 Å². The van der Waals surface area contributed by atoms with Crippen LogP contribution in [0.3, 0.4) is 0 Å². The molecular formula is C27H25Cl2N3O9S2. The van der Waals surface area contributed by atoms with Crippen LogP contribution in [0.1, 0.15) is 37.4 Å². The van der Waals surface area contributed by atoms with Crippen LogP contribution < -0.4 is 10.0 Å². The van der Waals surface area contributed by atoms with Crippen LogP contribution in [-0.2, 0) is 30.9 Å². The second kappa shape index (κ2) is 14.5. The van der Waals surface area contributed by atoms with Crippen molar-refractivity contribution in [2.45, 2.75) is 24.6 Å². The van der Waals surface area contributed by atoms with E-state index >= 15 is 0 Å². The zero-order valence-corrected chi connectivity index (χ0v) is 25.7. The molecule has 1 aromatic heterocycles. The number of carbonyl (C=O) groups is 4. The molecule has 0 aliphatic carbocycles. The van der Waals surface area contributed by atoms with Crippen LogP contribution in [0, 0.1) is 0 Å². The number of rotatable bonds is 10. The molecule has 4 rings (SSSR count). The second-order valence-electron chi connectivity index (χ2n) is 8.82. The van der Waals surface area contributed by atoms with Crippen LogP contribution in [0.25, 0.3) is 5.76 Å². The van der Waals surface area contributed by atoms with Gasteiger partial charge in [-0.1, -0.05) is 35.3 Å². The van der Waals surface area contributed by atoms with Crippen LogP contribution in [0.4, 0.5) is 0 Å². The van der Waals surface area contributed by atoms with Crippen molar-refractivity contribution in [3.63, 3.8) is 0 Å². The lowest BCUT2D eigenvalue weighted by atomic mass is 10.2. The van der Waals surface area contributed by atoms with E-state index in [2.05, 4.69) is 10.0 Å². The Hall–Kier alpha value is -3.95. The number of hydrogen-bond acceptors (Lipinski definition) is 9. The minimum atomic E-state index is -3.98. The third-order valence-corrected chi connectivity index (χ3v) is 8.66. The van der Waals surface area contributed by atoms with Crippen molar-refractivity contribution >= 4 is 74.0 Å². The summed E-state index contributed by atoms with van der Waals surface area (Å²) in [6, 6.07) is 13.1. The summed E-state index contributed by atoms with van der Waals surface area (Å²) in [4.78, 5) is 47.7. The molecule has 0 saturated heterocycles. The number of benzene rings is 2. The summed E-state index contributed by atoms with van der Waals surface area (Å²) >= 11 is 13.5. The van der Waals surface area contributed by atoms with Crippen molar-refractivity contribution in [3.05, 3.63) is 91.7 Å². The number of thiophene rings is 1. The number of sulfonamides is 1. The Balaban J connectivity index is 0.00000119. The number of ketones is 1. The normalized spacial score (nSPS) is 14.2. The summed E-state index contributed by atoms with van der Waals surface area (Å²) in [6.07, 6.45) is 0.614. The summed E-state index contributed by atoms with van der Waals surface area (Å²) in [5.41, 5.74) is 0.305. The van der Waals surface area contributed by atoms with Gasteiger partial charge in [-0.3, -0.25) is 14.4 Å². The molecule has 0 fully saturated rings. The topological polar surface area (TPSA) is 179 Å². The molecular weight excluding hydrogens is 645 g/mol. The summed E-state index contributed by atoms with van der Waals surface area (Å²) in [5.74, 6) is -2.67. The number of ether oxygens (including phenoxy) is 1. The Morgan fingerprint density at radius 2 is 1.65 bits per heavy atom. The number of carboxylic acid groups (broad SMARTS) is 2. The van der Waals surface area contributed by atoms with E-state index in [1.54, 1.807) is 42.4 Å². The number of likely N-dealkylation sites (N-methyl/N-ethyl adjacent to an activating group) is 1. The monoisotopic (exact) mass is 669 g/mol. The number of Topliss-reactive ketones (excluding diaryl/α,β-unsaturated/α-hetero) is 1. The Bertz CT molecular complexity index is 1670. The van der Waals surface area contributed by atoms with Crippen LogP contribution in [0.5, 0.6) is 0 Å². The van der Waals surface area contributed by atoms with Crippen molar-refractivity contribution in [1.29, 1.82) is 0 Å². The first-order valence-electron chi connectivity index (χ1n) is 12.2. The van der Waals surface area contributed by atoms with E-state index in [0.29, 0.717) is 26.2 Å². The molecule has 0 radical (unpaired) electrons. The van der Waals surface area contributed by atoms with E-state index in [0.717, 1.165) is 24.3 Å². The summed E-state index contributed by atoms with van der Waals surface area (Å²) in [7, 11) is -2.34. The molecule has 1 unspecified atom stereocenters. The number of aliphatic carboxylic acids is 1. The quantitative estimate of drug-likeness (QED) is 0.247. The Morgan fingerprint density at radius 1 is 1.02 bits per heavy atom. The smallest absolute Gasteiger partial charge is 0.335 e. The average molecular weight is 671 g/mol. The number of aromatic carboxylic acids is 1. The summed E-state index contributed by atoms with van der Waals surface area (Å²) < 4.78 is 33.3. The highest BCUT2D eigenvalue weighted by Gasteiger charge is 2.32. The van der Waals surface area contributed by atoms with Gasteiger partial charge in [-0.05, 0) is 42.5 Å². The zero-order valence-electron chi connectivity index (χ0n) is 22.5. The standard InChI is InChI=1S/C25H21Cl2N3O7S2.C2H4O2/c1-30-13-20(22-17(26)6-3-7-18(22)27)37-24(30)19(31)12-28-23(32)21-9-8-15(38-21)11-29-39(35,36)16-5-2-4-14(10-16)25(33)34;1-2(3)4/h2-10,13,24,29H,11-12H2,1H3,(H,28,32)(H,33,34);1H3,(H,3,4). The van der Waals surface area contributed by atoms with Gasteiger partial charge < -0.3 is 25.2 Å². The molecule has 3 aromatic rings. The molecule has 228 valence electrons. The predicted molar refractivity (Wildman–Crippen MR) is 159 cm³/mol. The molecule has 1 amide bonds. The number of hydrogen-bond donors (Lipinski definition) is 4. The van der Waals surface area contributed by atoms with Gasteiger partial charge in [0.15, 0.2) is 0 Å². The number of halogens is 2.